The van der Waals surface area contributed by atoms with E-state index < -0.39 is 23.4 Å². The highest BCUT2D eigenvalue weighted by Crippen LogP contribution is 2.37. The molecule has 682 valence electrons. The van der Waals surface area contributed by atoms with Crippen molar-refractivity contribution in [3.05, 3.63) is 209 Å². The number of aromatic nitrogens is 20. The van der Waals surface area contributed by atoms with E-state index in [2.05, 4.69) is 104 Å². The summed E-state index contributed by atoms with van der Waals surface area (Å²) in [5.74, 6) is 7.82. The van der Waals surface area contributed by atoms with Gasteiger partial charge in [-0.1, -0.05) is 85.8 Å². The van der Waals surface area contributed by atoms with Gasteiger partial charge in [0.25, 0.3) is 17.7 Å². The second-order valence-electron chi connectivity index (χ2n) is 33.8. The van der Waals surface area contributed by atoms with E-state index in [-0.39, 0.29) is 29.4 Å². The summed E-state index contributed by atoms with van der Waals surface area (Å²) in [6, 6.07) is 50.1. The summed E-state index contributed by atoms with van der Waals surface area (Å²) >= 11 is 0. The number of benzene rings is 6. The van der Waals surface area contributed by atoms with Crippen molar-refractivity contribution < 1.29 is 28.3 Å². The first-order valence-electron chi connectivity index (χ1n) is 45.5. The van der Waals surface area contributed by atoms with E-state index in [1.54, 1.807) is 24.3 Å². The van der Waals surface area contributed by atoms with Crippen LogP contribution in [0.4, 0.5) is 90.8 Å². The van der Waals surface area contributed by atoms with Crippen molar-refractivity contribution in [2.24, 2.45) is 17.4 Å². The number of primary amides is 2. The number of nitrogens with zero attached hydrogens (tertiary/aromatic N) is 20. The van der Waals surface area contributed by atoms with Gasteiger partial charge in [-0.05, 0) is 176 Å². The number of hydrogen-bond donors (Lipinski definition) is 13. The molecule has 15 heterocycles. The highest BCUT2D eigenvalue weighted by Gasteiger charge is 2.28. The molecule has 22 rings (SSSR count). The Hall–Kier alpha value is -15.5. The molecular formula is C95H104F2N32O4. The van der Waals surface area contributed by atoms with Crippen LogP contribution < -0.4 is 57.7 Å². The first kappa shape index (κ1) is 88.2. The predicted molar refractivity (Wildman–Crippen MR) is 511 cm³/mol. The lowest BCUT2D eigenvalue weighted by Gasteiger charge is -2.30. The van der Waals surface area contributed by atoms with Gasteiger partial charge in [-0.15, -0.1) is 0 Å². The Labute approximate surface area is 763 Å². The normalized spacial score (nSPS) is 15.2. The maximum atomic E-state index is 14.0. The summed E-state index contributed by atoms with van der Waals surface area (Å²) in [5, 5.41) is 63.6. The number of fused-ring (bicyclic) bond motifs is 6. The number of piperidine rings is 5. The largest absolute Gasteiger partial charge is 0.390 e. The lowest BCUT2D eigenvalue weighted by Crippen LogP contribution is -2.35. The molecule has 5 aliphatic heterocycles. The van der Waals surface area contributed by atoms with E-state index in [0.29, 0.717) is 86.9 Å². The van der Waals surface area contributed by atoms with E-state index in [0.717, 1.165) is 220 Å². The molecule has 0 saturated carbocycles. The molecule has 0 radical (unpaired) electrons. The van der Waals surface area contributed by atoms with Crippen molar-refractivity contribution in [1.29, 1.82) is 0 Å². The second-order valence-corrected chi connectivity index (χ2v) is 33.8. The minimum absolute atomic E-state index is 0.0109. The van der Waals surface area contributed by atoms with Crippen molar-refractivity contribution in [2.45, 2.75) is 129 Å². The summed E-state index contributed by atoms with van der Waals surface area (Å²) in [4.78, 5) is 93.5. The van der Waals surface area contributed by atoms with E-state index in [1.807, 2.05) is 132 Å². The van der Waals surface area contributed by atoms with Crippen molar-refractivity contribution in [3.63, 3.8) is 0 Å². The SMILES string of the molecule is CC1CCN(c2nc(Nc3cc(C(N)=O)[nH]n3)c3ccccc3n2)CC1.Fc1cc(F)c2[nH]nc(Nc3nc(-c4ccccc4)nc4c3CCCC4)c2c1.NC(=O)c1cc(Nc2nc(N3CCCCC3)nc3ccccc23)n[nH]1.O=C(c1cc(Nc2nc(N3CCCCC3)nc3ccccc23)n[nH]1)N1CCCCC1.OCc1cc(Nc2nc(N3CCCCC3)nc3ccccc23)n[nH]1. The van der Waals surface area contributed by atoms with Gasteiger partial charge in [0.1, 0.15) is 57.5 Å². The quantitative estimate of drug-likeness (QED) is 0.0357. The number of halogens is 2. The Bertz CT molecular complexity index is 6770. The van der Waals surface area contributed by atoms with Gasteiger partial charge in [-0.3, -0.25) is 39.9 Å². The van der Waals surface area contributed by atoms with Crippen molar-refractivity contribution >= 4 is 154 Å². The Morgan fingerprint density at radius 1 is 0.383 bits per heavy atom. The van der Waals surface area contributed by atoms with Crippen LogP contribution in [-0.4, -0.2) is 194 Å². The smallest absolute Gasteiger partial charge is 0.271 e. The minimum atomic E-state index is -0.676. The highest BCUT2D eigenvalue weighted by atomic mass is 19.1. The Morgan fingerprint density at radius 3 is 1.22 bits per heavy atom. The number of anilines is 14. The van der Waals surface area contributed by atoms with Crippen molar-refractivity contribution in [2.75, 3.05) is 112 Å². The molecular weight excluding hydrogens is 1690 g/mol. The molecule has 15 N–H and O–H groups in total. The number of nitrogens with one attached hydrogen (secondary N) is 10. The number of likely N-dealkylation sites (tertiary alicyclic amines) is 1. The maximum Gasteiger partial charge on any atom is 0.271 e. The van der Waals surface area contributed by atoms with Crippen LogP contribution >= 0.6 is 0 Å². The number of H-pyrrole nitrogens is 5. The molecule has 3 amide bonds. The number of carbonyl (C=O) groups excluding carboxylic acids is 3. The molecule has 38 heteroatoms. The topological polar surface area (TPSA) is 472 Å². The van der Waals surface area contributed by atoms with E-state index in [1.165, 1.54) is 57.4 Å². The monoisotopic (exact) mass is 1790 g/mol. The number of rotatable bonds is 19. The van der Waals surface area contributed by atoms with Crippen LogP contribution in [-0.2, 0) is 19.4 Å². The first-order valence-corrected chi connectivity index (χ1v) is 45.5. The molecule has 1 aliphatic carbocycles. The molecule has 0 spiro atoms. The average Bonchev–Trinajstić information content (AvgIpc) is 1.76. The Balaban J connectivity index is 0.000000112. The molecule has 0 unspecified atom stereocenters. The standard InChI is InChI=1S/C22H27N7O.C21H17F2N5.C18H21N7O.C17H19N7O.C17H20N6O/c30-21(28-11-5-1-6-12-28)18-15-19(27-26-18)24-20-16-9-3-4-10-17(16)23-22(25-20)29-13-7-2-8-14-29;22-13-10-15-18(16(23)11-13)27-28-21(15)26-20-14-8-4-5-9-17(14)24-19(25-20)12-6-2-1-3-7-12;1-11-6-8-25(9-7-11)18-20-13-5-3-2-4-12(13)17(22-18)21-15-10-14(16(19)26)23-24-15;18-15(25)13-10-14(23-22-13)20-16-11-6-2-3-7-12(11)19-17(21-16)24-8-4-1-5-9-24;24-11-12-10-15(22-21-12)19-16-13-6-2-3-7-14(13)18-17(20-16)23-8-4-1-5-9-23/h3-4,9-10,15H,1-2,5-8,11-14H2,(H2,23,24,25,26,27);1-3,6-7,10-11H,4-5,8-9H2,(H2,24,25,26,27,28);2-5,10-11H,6-9H2,1H3,(H2,19,26)(H2,20,21,22,23,24);2-3,6-7,10H,1,4-5,8-9H2,(H2,18,25)(H2,19,20,21,22,23);2-3,6-7,10,24H,1,4-5,8-9,11H2,(H2,18,19,20,21,22). The Kier molecular flexibility index (Phi) is 27.2. The molecule has 5 fully saturated rings. The van der Waals surface area contributed by atoms with E-state index in [4.69, 9.17) is 61.3 Å². The van der Waals surface area contributed by atoms with Crippen molar-refractivity contribution in [1.82, 2.24) is 106 Å². The summed E-state index contributed by atoms with van der Waals surface area (Å²) in [5.41, 5.74) is 18.9. The number of aliphatic hydroxyl groups is 1. The van der Waals surface area contributed by atoms with Crippen LogP contribution in [0.15, 0.2) is 164 Å². The molecule has 36 nitrogen and oxygen atoms in total. The summed E-state index contributed by atoms with van der Waals surface area (Å²) in [6.07, 6.45) is 20.3. The second kappa shape index (κ2) is 41.1. The van der Waals surface area contributed by atoms with Crippen molar-refractivity contribution in [3.8, 4) is 11.4 Å². The van der Waals surface area contributed by atoms with Gasteiger partial charge >= 0.3 is 0 Å². The van der Waals surface area contributed by atoms with Crippen LogP contribution in [0.1, 0.15) is 158 Å². The fraction of sp³-hybridized carbons (Fsp3) is 0.326. The number of para-hydroxylation sites is 4. The van der Waals surface area contributed by atoms with Gasteiger partial charge in [0.15, 0.2) is 40.7 Å². The molecule has 0 atom stereocenters. The Morgan fingerprint density at radius 2 is 0.782 bits per heavy atom. The van der Waals surface area contributed by atoms with Crippen LogP contribution in [0.25, 0.3) is 65.9 Å². The number of aryl methyl sites for hydroxylation is 1. The fourth-order valence-electron chi connectivity index (χ4n) is 17.1. The highest BCUT2D eigenvalue weighted by molar-refractivity contribution is 5.98. The molecule has 6 aromatic carbocycles. The maximum absolute atomic E-state index is 14.0. The summed E-state index contributed by atoms with van der Waals surface area (Å²) in [6.45, 7) is 11.6. The number of nitrogens with two attached hydrogens (primary N) is 2. The molecule has 133 heavy (non-hydrogen) atoms. The fourth-order valence-corrected chi connectivity index (χ4v) is 17.1. The van der Waals surface area contributed by atoms with Gasteiger partial charge < -0.3 is 67.7 Å². The van der Waals surface area contributed by atoms with Gasteiger partial charge in [0, 0.05) is 134 Å². The lowest BCUT2D eigenvalue weighted by atomic mass is 9.96. The van der Waals surface area contributed by atoms with Crippen LogP contribution in [0, 0.1) is 17.6 Å². The number of aliphatic hydroxyl groups excluding tert-OH is 1. The lowest BCUT2D eigenvalue weighted by molar-refractivity contribution is 0.0718. The minimum Gasteiger partial charge on any atom is -0.390 e. The zero-order valence-corrected chi connectivity index (χ0v) is 73.7. The van der Waals surface area contributed by atoms with Crippen LogP contribution in [0.5, 0.6) is 0 Å². The van der Waals surface area contributed by atoms with E-state index >= 15 is 0 Å². The molecule has 5 saturated heterocycles. The van der Waals surface area contributed by atoms with Crippen LogP contribution in [0.2, 0.25) is 0 Å². The molecule has 6 aliphatic rings. The van der Waals surface area contributed by atoms with Gasteiger partial charge in [-0.25, -0.2) is 38.7 Å². The summed E-state index contributed by atoms with van der Waals surface area (Å²) in [7, 11) is 0. The third-order valence-electron chi connectivity index (χ3n) is 24.3. The third-order valence-corrected chi connectivity index (χ3v) is 24.3. The third kappa shape index (κ3) is 21.2. The van der Waals surface area contributed by atoms with Gasteiger partial charge in [-0.2, -0.15) is 45.4 Å². The molecule has 16 aromatic rings. The number of aromatic amines is 5. The molecule has 10 aromatic heterocycles. The number of carbonyl (C=O) groups is 3. The zero-order valence-electron chi connectivity index (χ0n) is 73.7. The van der Waals surface area contributed by atoms with E-state index in [9.17, 15) is 28.3 Å². The van der Waals surface area contributed by atoms with Gasteiger partial charge in [0.05, 0.1) is 39.8 Å². The number of amides is 3. The zero-order chi connectivity index (χ0) is 91.1. The van der Waals surface area contributed by atoms with Gasteiger partial charge in [0.2, 0.25) is 23.8 Å². The van der Waals surface area contributed by atoms with Crippen LogP contribution in [0.3, 0.4) is 0 Å². The number of hydrogen-bond acceptors (Lipinski definition) is 28. The average molecular weight is 1800 g/mol. The molecule has 0 bridgehead atoms. The summed E-state index contributed by atoms with van der Waals surface area (Å²) < 4.78 is 27.7. The first-order chi connectivity index (χ1) is 65.1. The predicted octanol–water partition coefficient (Wildman–Crippen LogP) is 15.8.